The molecule has 1 amide bonds. The van der Waals surface area contributed by atoms with Gasteiger partial charge in [0.2, 0.25) is 0 Å². The molecule has 0 radical (unpaired) electrons. The molecule has 5 nitrogen and oxygen atoms in total. The molecule has 1 aromatic heterocycles. The second-order valence-corrected chi connectivity index (χ2v) is 4.16. The molecular formula is C15H14N2O3. The Morgan fingerprint density at radius 3 is 2.40 bits per heavy atom. The van der Waals surface area contributed by atoms with E-state index in [9.17, 15) is 9.59 Å². The summed E-state index contributed by atoms with van der Waals surface area (Å²) in [5, 5.41) is 2.66. The van der Waals surface area contributed by atoms with Crippen LogP contribution in [-0.4, -0.2) is 24.0 Å². The van der Waals surface area contributed by atoms with Crippen LogP contribution in [0.4, 0.5) is 5.82 Å². The third-order valence-corrected chi connectivity index (χ3v) is 2.71. The number of ether oxygens (including phenoxy) is 1. The van der Waals surface area contributed by atoms with Crippen LogP contribution in [0.25, 0.3) is 0 Å². The van der Waals surface area contributed by atoms with Gasteiger partial charge >= 0.3 is 5.97 Å². The third-order valence-electron chi connectivity index (χ3n) is 2.71. The molecule has 0 saturated carbocycles. The second-order valence-electron chi connectivity index (χ2n) is 4.16. The van der Waals surface area contributed by atoms with Gasteiger partial charge in [-0.3, -0.25) is 4.79 Å². The Balaban J connectivity index is 2.28. The zero-order valence-corrected chi connectivity index (χ0v) is 11.2. The first-order valence-electron chi connectivity index (χ1n) is 6.04. The Labute approximate surface area is 116 Å². The smallest absolute Gasteiger partial charge is 0.338 e. The number of benzene rings is 1. The normalized spacial score (nSPS) is 9.90. The van der Waals surface area contributed by atoms with Crippen molar-refractivity contribution < 1.29 is 14.3 Å². The molecule has 2 rings (SSSR count). The third kappa shape index (κ3) is 3.00. The maximum atomic E-state index is 12.2. The van der Waals surface area contributed by atoms with Gasteiger partial charge in [0.25, 0.3) is 5.91 Å². The summed E-state index contributed by atoms with van der Waals surface area (Å²) in [5.41, 5.74) is 1.27. The standard InChI is InChI=1S/C15H14N2O3/c1-10-6-5-9-13(16-10)17-14(18)11-7-3-4-8-12(11)15(19)20-2/h3-9H,1-2H3,(H,16,17,18). The lowest BCUT2D eigenvalue weighted by Crippen LogP contribution is -2.17. The number of nitrogens with zero attached hydrogens (tertiary/aromatic N) is 1. The van der Waals surface area contributed by atoms with Gasteiger partial charge < -0.3 is 10.1 Å². The second kappa shape index (κ2) is 5.97. The van der Waals surface area contributed by atoms with Crippen LogP contribution >= 0.6 is 0 Å². The van der Waals surface area contributed by atoms with Gasteiger partial charge in [-0.2, -0.15) is 0 Å². The van der Waals surface area contributed by atoms with Crippen LogP contribution < -0.4 is 5.32 Å². The van der Waals surface area contributed by atoms with Crippen LogP contribution in [0.15, 0.2) is 42.5 Å². The summed E-state index contributed by atoms with van der Waals surface area (Å²) < 4.78 is 4.66. The first kappa shape index (κ1) is 13.7. The van der Waals surface area contributed by atoms with E-state index >= 15 is 0 Å². The number of hydrogen-bond donors (Lipinski definition) is 1. The van der Waals surface area contributed by atoms with Crippen molar-refractivity contribution in [3.8, 4) is 0 Å². The van der Waals surface area contributed by atoms with E-state index in [0.717, 1.165) is 5.69 Å². The SMILES string of the molecule is COC(=O)c1ccccc1C(=O)Nc1cccc(C)n1. The number of rotatable bonds is 3. The molecule has 0 atom stereocenters. The van der Waals surface area contributed by atoms with E-state index in [1.807, 2.05) is 13.0 Å². The van der Waals surface area contributed by atoms with E-state index in [2.05, 4.69) is 15.0 Å². The average molecular weight is 270 g/mol. The molecule has 0 aliphatic heterocycles. The topological polar surface area (TPSA) is 68.3 Å². The number of esters is 1. The van der Waals surface area contributed by atoms with E-state index in [1.54, 1.807) is 36.4 Å². The molecule has 0 aliphatic rings. The Hall–Kier alpha value is -2.69. The van der Waals surface area contributed by atoms with Gasteiger partial charge in [0.1, 0.15) is 5.82 Å². The Morgan fingerprint density at radius 1 is 1.05 bits per heavy atom. The van der Waals surface area contributed by atoms with Crippen molar-refractivity contribution in [2.24, 2.45) is 0 Å². The molecule has 0 unspecified atom stereocenters. The highest BCUT2D eigenvalue weighted by Crippen LogP contribution is 2.13. The van der Waals surface area contributed by atoms with E-state index in [1.165, 1.54) is 7.11 Å². The maximum Gasteiger partial charge on any atom is 0.338 e. The summed E-state index contributed by atoms with van der Waals surface area (Å²) in [7, 11) is 1.28. The molecule has 1 N–H and O–H groups in total. The fourth-order valence-corrected chi connectivity index (χ4v) is 1.77. The number of hydrogen-bond acceptors (Lipinski definition) is 4. The fraction of sp³-hybridized carbons (Fsp3) is 0.133. The van der Waals surface area contributed by atoms with Crippen molar-refractivity contribution in [3.05, 3.63) is 59.3 Å². The largest absolute Gasteiger partial charge is 0.465 e. The predicted molar refractivity (Wildman–Crippen MR) is 74.7 cm³/mol. The Kier molecular flexibility index (Phi) is 4.10. The molecule has 0 saturated heterocycles. The summed E-state index contributed by atoms with van der Waals surface area (Å²) in [6.45, 7) is 1.83. The van der Waals surface area contributed by atoms with Crippen LogP contribution in [0.1, 0.15) is 26.4 Å². The van der Waals surface area contributed by atoms with E-state index in [-0.39, 0.29) is 11.1 Å². The highest BCUT2D eigenvalue weighted by atomic mass is 16.5. The Bertz CT molecular complexity index is 653. The van der Waals surface area contributed by atoms with Crippen LogP contribution in [0, 0.1) is 6.92 Å². The monoisotopic (exact) mass is 270 g/mol. The lowest BCUT2D eigenvalue weighted by molar-refractivity contribution is 0.0597. The molecule has 0 fully saturated rings. The van der Waals surface area contributed by atoms with Crippen molar-refractivity contribution in [2.75, 3.05) is 12.4 Å². The first-order valence-corrected chi connectivity index (χ1v) is 6.04. The van der Waals surface area contributed by atoms with Crippen LogP contribution in [-0.2, 0) is 4.74 Å². The van der Waals surface area contributed by atoms with Crippen molar-refractivity contribution in [1.82, 2.24) is 4.98 Å². The molecule has 20 heavy (non-hydrogen) atoms. The molecule has 2 aromatic rings. The number of pyridine rings is 1. The van der Waals surface area contributed by atoms with Gasteiger partial charge in [-0.25, -0.2) is 9.78 Å². The molecule has 0 aliphatic carbocycles. The molecule has 0 spiro atoms. The minimum atomic E-state index is -0.548. The molecule has 0 bridgehead atoms. The van der Waals surface area contributed by atoms with Crippen LogP contribution in [0.3, 0.4) is 0 Å². The van der Waals surface area contributed by atoms with Crippen molar-refractivity contribution in [2.45, 2.75) is 6.92 Å². The Morgan fingerprint density at radius 2 is 1.75 bits per heavy atom. The summed E-state index contributed by atoms with van der Waals surface area (Å²) in [4.78, 5) is 28.0. The minimum absolute atomic E-state index is 0.222. The number of anilines is 1. The fourth-order valence-electron chi connectivity index (χ4n) is 1.77. The lowest BCUT2D eigenvalue weighted by atomic mass is 10.1. The van der Waals surface area contributed by atoms with E-state index < -0.39 is 11.9 Å². The van der Waals surface area contributed by atoms with E-state index in [4.69, 9.17) is 0 Å². The minimum Gasteiger partial charge on any atom is -0.465 e. The predicted octanol–water partition coefficient (Wildman–Crippen LogP) is 2.43. The number of methoxy groups -OCH3 is 1. The number of nitrogens with one attached hydrogen (secondary N) is 1. The molecule has 5 heteroatoms. The first-order chi connectivity index (χ1) is 9.61. The van der Waals surface area contributed by atoms with Gasteiger partial charge in [0, 0.05) is 5.69 Å². The van der Waals surface area contributed by atoms with Gasteiger partial charge in [-0.05, 0) is 31.2 Å². The number of aryl methyl sites for hydroxylation is 1. The van der Waals surface area contributed by atoms with Gasteiger partial charge in [0.05, 0.1) is 18.2 Å². The summed E-state index contributed by atoms with van der Waals surface area (Å²) >= 11 is 0. The molecule has 1 aromatic carbocycles. The van der Waals surface area contributed by atoms with Gasteiger partial charge in [0.15, 0.2) is 0 Å². The lowest BCUT2D eigenvalue weighted by Gasteiger charge is -2.08. The van der Waals surface area contributed by atoms with Crippen LogP contribution in [0.2, 0.25) is 0 Å². The maximum absolute atomic E-state index is 12.2. The number of amides is 1. The summed E-state index contributed by atoms with van der Waals surface area (Å²) in [5.74, 6) is -0.508. The quantitative estimate of drug-likeness (QED) is 0.870. The zero-order chi connectivity index (χ0) is 14.5. The average Bonchev–Trinajstić information content (AvgIpc) is 2.46. The van der Waals surface area contributed by atoms with Crippen molar-refractivity contribution in [1.29, 1.82) is 0 Å². The van der Waals surface area contributed by atoms with Crippen LogP contribution in [0.5, 0.6) is 0 Å². The van der Waals surface area contributed by atoms with Crippen molar-refractivity contribution >= 4 is 17.7 Å². The zero-order valence-electron chi connectivity index (χ0n) is 11.2. The van der Waals surface area contributed by atoms with Gasteiger partial charge in [-0.1, -0.05) is 18.2 Å². The number of carbonyl (C=O) groups excluding carboxylic acids is 2. The van der Waals surface area contributed by atoms with Gasteiger partial charge in [-0.15, -0.1) is 0 Å². The molecule has 1 heterocycles. The highest BCUT2D eigenvalue weighted by Gasteiger charge is 2.17. The van der Waals surface area contributed by atoms with E-state index in [0.29, 0.717) is 5.82 Å². The summed E-state index contributed by atoms with van der Waals surface area (Å²) in [6, 6.07) is 11.8. The number of aromatic nitrogens is 1. The molecule has 102 valence electrons. The summed E-state index contributed by atoms with van der Waals surface area (Å²) in [6.07, 6.45) is 0. The number of carbonyl (C=O) groups is 2. The van der Waals surface area contributed by atoms with Crippen molar-refractivity contribution in [3.63, 3.8) is 0 Å². The molecular weight excluding hydrogens is 256 g/mol. The highest BCUT2D eigenvalue weighted by molar-refractivity contribution is 6.10.